The molecule has 0 rings (SSSR count). The van der Waals surface area contributed by atoms with Gasteiger partial charge in [0.15, 0.2) is 0 Å². The van der Waals surface area contributed by atoms with Crippen LogP contribution < -0.4 is 5.32 Å². The Morgan fingerprint density at radius 1 is 0.384 bits per heavy atom. The minimum Gasteiger partial charge on any atom is -0.387 e. The minimum atomic E-state index is -4.36. The second-order valence-corrected chi connectivity index (χ2v) is 29.5. The third-order valence-corrected chi connectivity index (χ3v) is 19.2. The van der Waals surface area contributed by atoms with Crippen LogP contribution in [0.2, 0.25) is 0 Å². The number of unbranched alkanes of at least 4 members (excludes halogenated alkanes) is 58. The van der Waals surface area contributed by atoms with Crippen molar-refractivity contribution in [3.63, 3.8) is 0 Å². The third-order valence-electron chi connectivity index (χ3n) is 18.2. The Bertz CT molecular complexity index is 1450. The number of hydrogen-bond acceptors (Lipinski definition) is 5. The Morgan fingerprint density at radius 2 is 0.640 bits per heavy atom. The Morgan fingerprint density at radius 3 is 0.930 bits per heavy atom. The van der Waals surface area contributed by atoms with E-state index in [1.807, 2.05) is 27.2 Å². The Balaban J connectivity index is 3.98. The van der Waals surface area contributed by atoms with Crippen LogP contribution in [0.1, 0.15) is 412 Å². The summed E-state index contributed by atoms with van der Waals surface area (Å²) in [7, 11) is 1.58. The van der Waals surface area contributed by atoms with E-state index in [1.54, 1.807) is 6.08 Å². The van der Waals surface area contributed by atoms with Crippen LogP contribution in [0, 0.1) is 0 Å². The molecule has 3 atom stereocenters. The largest absolute Gasteiger partial charge is 0.472 e. The molecule has 3 N–H and O–H groups in total. The summed E-state index contributed by atoms with van der Waals surface area (Å²) in [5, 5.41) is 14.0. The molecule has 0 bridgehead atoms. The predicted molar refractivity (Wildman–Crippen MR) is 378 cm³/mol. The Kier molecular flexibility index (Phi) is 67.5. The van der Waals surface area contributed by atoms with Crippen molar-refractivity contribution in [2.45, 2.75) is 424 Å². The van der Waals surface area contributed by atoms with Gasteiger partial charge in [-0.15, -0.1) is 0 Å². The molecule has 0 heterocycles. The number of allylic oxidation sites excluding steroid dienone is 3. The molecule has 0 aliphatic heterocycles. The van der Waals surface area contributed by atoms with E-state index in [-0.39, 0.29) is 19.1 Å². The Hall–Kier alpha value is -1.02. The summed E-state index contributed by atoms with van der Waals surface area (Å²) in [6, 6.07) is -0.862. The predicted octanol–water partition coefficient (Wildman–Crippen LogP) is 25.0. The number of phosphoric ester groups is 1. The van der Waals surface area contributed by atoms with Crippen LogP contribution in [0.3, 0.4) is 0 Å². The summed E-state index contributed by atoms with van der Waals surface area (Å²) in [5.74, 6) is -0.177. The average Bonchev–Trinajstić information content (AvgIpc) is 3.70. The number of aliphatic hydroxyl groups excluding tert-OH is 1. The number of rotatable bonds is 73. The molecule has 1 amide bonds. The first-order valence-corrected chi connectivity index (χ1v) is 40.2. The van der Waals surface area contributed by atoms with Gasteiger partial charge in [0.05, 0.1) is 39.9 Å². The van der Waals surface area contributed by atoms with E-state index >= 15 is 0 Å². The van der Waals surface area contributed by atoms with Crippen LogP contribution in [-0.4, -0.2) is 73.4 Å². The summed E-state index contributed by atoms with van der Waals surface area (Å²) in [6.07, 6.45) is 90.9. The van der Waals surface area contributed by atoms with E-state index in [9.17, 15) is 19.4 Å². The van der Waals surface area contributed by atoms with Crippen molar-refractivity contribution in [2.24, 2.45) is 0 Å². The number of hydrogen-bond donors (Lipinski definition) is 3. The first kappa shape index (κ1) is 85.0. The molecule has 0 saturated carbocycles. The molecule has 0 aliphatic carbocycles. The number of carbonyl (C=O) groups is 1. The van der Waals surface area contributed by atoms with Crippen molar-refractivity contribution in [1.29, 1.82) is 0 Å². The highest BCUT2D eigenvalue weighted by Crippen LogP contribution is 2.43. The zero-order chi connectivity index (χ0) is 62.6. The number of nitrogens with one attached hydrogen (secondary N) is 1. The summed E-state index contributed by atoms with van der Waals surface area (Å²) >= 11 is 0. The molecule has 512 valence electrons. The summed E-state index contributed by atoms with van der Waals surface area (Å²) in [5.41, 5.74) is 0. The van der Waals surface area contributed by atoms with Gasteiger partial charge in [-0.25, -0.2) is 4.57 Å². The summed E-state index contributed by atoms with van der Waals surface area (Å²) in [6.45, 7) is 4.87. The van der Waals surface area contributed by atoms with Gasteiger partial charge in [-0.2, -0.15) is 0 Å². The fraction of sp³-hybridized carbons (Fsp3) is 0.935. The fourth-order valence-electron chi connectivity index (χ4n) is 12.2. The van der Waals surface area contributed by atoms with Gasteiger partial charge in [0, 0.05) is 6.42 Å². The molecule has 0 aliphatic rings. The molecular formula is C77H154N2O6P+. The van der Waals surface area contributed by atoms with Gasteiger partial charge in [-0.1, -0.05) is 398 Å². The van der Waals surface area contributed by atoms with E-state index < -0.39 is 20.0 Å². The van der Waals surface area contributed by atoms with Crippen LogP contribution in [-0.2, 0) is 18.4 Å². The maximum absolute atomic E-state index is 13.1. The number of aliphatic hydroxyl groups is 1. The van der Waals surface area contributed by atoms with Gasteiger partial charge >= 0.3 is 7.82 Å². The van der Waals surface area contributed by atoms with Gasteiger partial charge in [0.2, 0.25) is 5.91 Å². The van der Waals surface area contributed by atoms with Crippen molar-refractivity contribution >= 4 is 13.7 Å². The van der Waals surface area contributed by atoms with Crippen LogP contribution in [0.25, 0.3) is 0 Å². The highest BCUT2D eigenvalue weighted by Gasteiger charge is 2.28. The smallest absolute Gasteiger partial charge is 0.387 e. The highest BCUT2D eigenvalue weighted by atomic mass is 31.2. The average molecular weight is 1240 g/mol. The van der Waals surface area contributed by atoms with Crippen LogP contribution in [0.15, 0.2) is 24.3 Å². The number of nitrogens with zero attached hydrogens (tertiary/aromatic N) is 1. The zero-order valence-electron chi connectivity index (χ0n) is 58.8. The maximum atomic E-state index is 13.1. The molecule has 0 saturated heterocycles. The molecular weight excluding hydrogens is 1080 g/mol. The number of likely N-dealkylation sites (N-methyl/N-ethyl adjacent to an activating group) is 1. The van der Waals surface area contributed by atoms with Crippen molar-refractivity contribution in [3.05, 3.63) is 24.3 Å². The SMILES string of the molecule is CCCCCCCCCCCCCCCCCCCCCCCCC/C=C/CC/C=C/C(O)C(COP(=O)(O)OCC[N+](C)(C)C)NC(=O)CCCCCCCCCCCCCCCCCCCCCCCCCCCCCCCCCCCCC. The van der Waals surface area contributed by atoms with Crippen molar-refractivity contribution in [3.8, 4) is 0 Å². The zero-order valence-corrected chi connectivity index (χ0v) is 59.7. The lowest BCUT2D eigenvalue weighted by atomic mass is 10.0. The van der Waals surface area contributed by atoms with Crippen LogP contribution in [0.4, 0.5) is 0 Å². The number of carbonyl (C=O) groups excluding carboxylic acids is 1. The molecule has 0 fully saturated rings. The monoisotopic (exact) mass is 1230 g/mol. The van der Waals surface area contributed by atoms with Gasteiger partial charge < -0.3 is 19.8 Å². The highest BCUT2D eigenvalue weighted by molar-refractivity contribution is 7.47. The normalized spacial score (nSPS) is 13.6. The molecule has 0 aromatic heterocycles. The van der Waals surface area contributed by atoms with E-state index in [0.717, 1.165) is 38.5 Å². The minimum absolute atomic E-state index is 0.0592. The lowest BCUT2D eigenvalue weighted by molar-refractivity contribution is -0.870. The van der Waals surface area contributed by atoms with Crippen molar-refractivity contribution < 1.29 is 32.9 Å². The maximum Gasteiger partial charge on any atom is 0.472 e. The first-order valence-electron chi connectivity index (χ1n) is 38.7. The van der Waals surface area contributed by atoms with Gasteiger partial charge in [0.25, 0.3) is 0 Å². The molecule has 9 heteroatoms. The number of amides is 1. The van der Waals surface area contributed by atoms with E-state index in [4.69, 9.17) is 9.05 Å². The first-order chi connectivity index (χ1) is 42.0. The van der Waals surface area contributed by atoms with Gasteiger partial charge in [-0.3, -0.25) is 13.8 Å². The molecule has 0 aromatic rings. The van der Waals surface area contributed by atoms with E-state index in [1.165, 1.54) is 353 Å². The standard InChI is InChI=1S/C77H153N2O6P/c1-6-8-10-12-14-16-18-20-22-24-26-28-30-32-34-36-37-38-39-40-41-43-45-47-49-51-53-55-57-59-61-63-65-67-69-71-77(81)78-75(74-85-86(82,83)84-73-72-79(3,4)5)76(80)70-68-66-64-62-60-58-56-54-52-50-48-46-44-42-35-33-31-29-27-25-23-21-19-17-15-13-11-9-7-2/h60,62,68,70,75-76,80H,6-59,61,63-67,69,71-74H2,1-5H3,(H-,78,81,82,83)/p+1/b62-60+,70-68+. The fourth-order valence-corrected chi connectivity index (χ4v) is 12.9. The molecule has 0 spiro atoms. The molecule has 3 unspecified atom stereocenters. The van der Waals surface area contributed by atoms with E-state index in [0.29, 0.717) is 17.4 Å². The quantitative estimate of drug-likeness (QED) is 0.0243. The van der Waals surface area contributed by atoms with E-state index in [2.05, 4.69) is 31.3 Å². The Labute approximate surface area is 538 Å². The molecule has 0 radical (unpaired) electrons. The van der Waals surface area contributed by atoms with Gasteiger partial charge in [0.1, 0.15) is 13.2 Å². The second kappa shape index (κ2) is 68.3. The van der Waals surface area contributed by atoms with Crippen molar-refractivity contribution in [1.82, 2.24) is 5.32 Å². The lowest BCUT2D eigenvalue weighted by Gasteiger charge is -2.25. The van der Waals surface area contributed by atoms with Crippen molar-refractivity contribution in [2.75, 3.05) is 40.9 Å². The summed E-state index contributed by atoms with van der Waals surface area (Å²) < 4.78 is 23.8. The second-order valence-electron chi connectivity index (χ2n) is 28.1. The lowest BCUT2D eigenvalue weighted by Crippen LogP contribution is -2.45. The van der Waals surface area contributed by atoms with Crippen LogP contribution >= 0.6 is 7.82 Å². The summed E-state index contributed by atoms with van der Waals surface area (Å²) in [4.78, 5) is 23.5. The molecule has 0 aromatic carbocycles. The third kappa shape index (κ3) is 70.4. The van der Waals surface area contributed by atoms with Crippen LogP contribution in [0.5, 0.6) is 0 Å². The number of quaternary nitrogens is 1. The molecule has 8 nitrogen and oxygen atoms in total. The number of phosphoric acid groups is 1. The topological polar surface area (TPSA) is 105 Å². The molecule has 86 heavy (non-hydrogen) atoms. The van der Waals surface area contributed by atoms with Gasteiger partial charge in [-0.05, 0) is 32.1 Å².